The highest BCUT2D eigenvalue weighted by Crippen LogP contribution is 2.13. The van der Waals surface area contributed by atoms with Gasteiger partial charge >= 0.3 is 5.97 Å². The molecule has 1 heterocycles. The molecule has 112 valence electrons. The van der Waals surface area contributed by atoms with Crippen molar-refractivity contribution in [1.29, 1.82) is 0 Å². The van der Waals surface area contributed by atoms with Crippen molar-refractivity contribution in [3.63, 3.8) is 0 Å². The lowest BCUT2D eigenvalue weighted by atomic mass is 10.00. The number of carbonyl (C=O) groups excluding carboxylic acids is 1. The van der Waals surface area contributed by atoms with Crippen LogP contribution in [0.3, 0.4) is 0 Å². The van der Waals surface area contributed by atoms with Crippen LogP contribution in [0.1, 0.15) is 25.7 Å². The monoisotopic (exact) mass is 292 g/mol. The summed E-state index contributed by atoms with van der Waals surface area (Å²) in [4.78, 5) is 10.9. The normalized spacial score (nSPS) is 20.5. The molecule has 6 nitrogen and oxygen atoms in total. The van der Waals surface area contributed by atoms with Crippen LogP contribution in [0.15, 0.2) is 0 Å². The van der Waals surface area contributed by atoms with E-state index in [0.29, 0.717) is 18.9 Å². The van der Waals surface area contributed by atoms with Crippen molar-refractivity contribution in [1.82, 2.24) is 9.62 Å². The molecular formula is C12H24N2O4S. The van der Waals surface area contributed by atoms with Gasteiger partial charge in [-0.05, 0) is 38.3 Å². The van der Waals surface area contributed by atoms with Crippen LogP contribution >= 0.6 is 0 Å². The van der Waals surface area contributed by atoms with Crippen molar-refractivity contribution in [3.05, 3.63) is 0 Å². The highest BCUT2D eigenvalue weighted by Gasteiger charge is 2.22. The predicted molar refractivity (Wildman–Crippen MR) is 73.3 cm³/mol. The van der Waals surface area contributed by atoms with Crippen LogP contribution < -0.4 is 5.32 Å². The quantitative estimate of drug-likeness (QED) is 0.679. The summed E-state index contributed by atoms with van der Waals surface area (Å²) in [5.74, 6) is 0.0159. The first-order chi connectivity index (χ1) is 8.95. The minimum absolute atomic E-state index is 0.00124. The number of methoxy groups -OCH3 is 1. The number of nitrogens with one attached hydrogen (secondary N) is 1. The minimum Gasteiger partial charge on any atom is -0.469 e. The summed E-state index contributed by atoms with van der Waals surface area (Å²) in [6.07, 6.45) is 2.62. The van der Waals surface area contributed by atoms with Gasteiger partial charge in [-0.1, -0.05) is 0 Å². The van der Waals surface area contributed by atoms with Crippen molar-refractivity contribution in [2.24, 2.45) is 5.92 Å². The standard InChI is InChI=1S/C12H24N2O4S/c1-14(10-11-5-3-7-13-9-11)19(16,17)8-4-6-12(15)18-2/h11,13H,3-10H2,1-2H3. The lowest BCUT2D eigenvalue weighted by Crippen LogP contribution is -2.39. The molecule has 1 unspecified atom stereocenters. The van der Waals surface area contributed by atoms with E-state index in [4.69, 9.17) is 0 Å². The smallest absolute Gasteiger partial charge is 0.305 e. The highest BCUT2D eigenvalue weighted by molar-refractivity contribution is 7.89. The Kier molecular flexibility index (Phi) is 6.74. The second-order valence-electron chi connectivity index (χ2n) is 4.99. The average Bonchev–Trinajstić information content (AvgIpc) is 2.39. The van der Waals surface area contributed by atoms with Gasteiger partial charge in [-0.15, -0.1) is 0 Å². The number of esters is 1. The van der Waals surface area contributed by atoms with Crippen molar-refractivity contribution >= 4 is 16.0 Å². The largest absolute Gasteiger partial charge is 0.469 e. The van der Waals surface area contributed by atoms with Crippen LogP contribution in [-0.2, 0) is 19.6 Å². The van der Waals surface area contributed by atoms with E-state index in [1.165, 1.54) is 11.4 Å². The topological polar surface area (TPSA) is 75.7 Å². The van der Waals surface area contributed by atoms with Gasteiger partial charge in [0.05, 0.1) is 12.9 Å². The van der Waals surface area contributed by atoms with Crippen molar-refractivity contribution in [2.45, 2.75) is 25.7 Å². The number of ether oxygens (including phenoxy) is 1. The Balaban J connectivity index is 2.35. The molecular weight excluding hydrogens is 268 g/mol. The Morgan fingerprint density at radius 1 is 1.47 bits per heavy atom. The zero-order chi connectivity index (χ0) is 14.3. The van der Waals surface area contributed by atoms with Crippen molar-refractivity contribution in [3.8, 4) is 0 Å². The lowest BCUT2D eigenvalue weighted by molar-refractivity contribution is -0.140. The summed E-state index contributed by atoms with van der Waals surface area (Å²) in [7, 11) is -0.348. The lowest BCUT2D eigenvalue weighted by Gasteiger charge is -2.27. The molecule has 0 radical (unpaired) electrons. The number of rotatable bonds is 7. The number of carbonyl (C=O) groups is 1. The van der Waals surface area contributed by atoms with Gasteiger partial charge in [0.15, 0.2) is 0 Å². The first-order valence-corrected chi connectivity index (χ1v) is 8.28. The maximum absolute atomic E-state index is 12.0. The molecule has 0 spiro atoms. The van der Waals surface area contributed by atoms with Gasteiger partial charge in [0.1, 0.15) is 0 Å². The molecule has 1 N–H and O–H groups in total. The third-order valence-corrected chi connectivity index (χ3v) is 5.30. The van der Waals surface area contributed by atoms with Crippen LogP contribution in [0.25, 0.3) is 0 Å². The molecule has 0 aromatic rings. The predicted octanol–water partition coefficient (Wildman–Crippen LogP) is 0.201. The van der Waals surface area contributed by atoms with Crippen molar-refractivity contribution in [2.75, 3.05) is 39.5 Å². The van der Waals surface area contributed by atoms with E-state index in [2.05, 4.69) is 10.1 Å². The third kappa shape index (κ3) is 5.88. The summed E-state index contributed by atoms with van der Waals surface area (Å²) >= 11 is 0. The Hall–Kier alpha value is -0.660. The van der Waals surface area contributed by atoms with E-state index in [9.17, 15) is 13.2 Å². The third-order valence-electron chi connectivity index (χ3n) is 3.40. The first-order valence-electron chi connectivity index (χ1n) is 6.67. The molecule has 19 heavy (non-hydrogen) atoms. The molecule has 1 saturated heterocycles. The van der Waals surface area contributed by atoms with Crippen LogP contribution in [-0.4, -0.2) is 58.2 Å². The fourth-order valence-electron chi connectivity index (χ4n) is 2.21. The van der Waals surface area contributed by atoms with Crippen molar-refractivity contribution < 1.29 is 17.9 Å². The molecule has 0 amide bonds. The fraction of sp³-hybridized carbons (Fsp3) is 0.917. The number of sulfonamides is 1. The van der Waals surface area contributed by atoms with Gasteiger partial charge in [0, 0.05) is 20.0 Å². The van der Waals surface area contributed by atoms with Gasteiger partial charge < -0.3 is 10.1 Å². The van der Waals surface area contributed by atoms with E-state index >= 15 is 0 Å². The van der Waals surface area contributed by atoms with Crippen LogP contribution in [0.2, 0.25) is 0 Å². The Morgan fingerprint density at radius 2 is 2.21 bits per heavy atom. The van der Waals surface area contributed by atoms with Crippen LogP contribution in [0, 0.1) is 5.92 Å². The number of hydrogen-bond acceptors (Lipinski definition) is 5. The molecule has 1 rings (SSSR count). The van der Waals surface area contributed by atoms with Gasteiger partial charge in [-0.25, -0.2) is 12.7 Å². The Labute approximate surface area is 115 Å². The maximum Gasteiger partial charge on any atom is 0.305 e. The summed E-state index contributed by atoms with van der Waals surface area (Å²) < 4.78 is 30.0. The molecule has 1 aliphatic rings. The molecule has 0 bridgehead atoms. The first kappa shape index (κ1) is 16.4. The van der Waals surface area contributed by atoms with Gasteiger partial charge in [-0.3, -0.25) is 4.79 Å². The zero-order valence-electron chi connectivity index (χ0n) is 11.7. The molecule has 1 aliphatic heterocycles. The molecule has 0 aromatic heterocycles. The Morgan fingerprint density at radius 3 is 2.79 bits per heavy atom. The summed E-state index contributed by atoms with van der Waals surface area (Å²) in [5, 5.41) is 3.27. The van der Waals surface area contributed by atoms with Crippen LogP contribution in [0.4, 0.5) is 0 Å². The van der Waals surface area contributed by atoms with Crippen LogP contribution in [0.5, 0.6) is 0 Å². The van der Waals surface area contributed by atoms with Gasteiger partial charge in [0.25, 0.3) is 0 Å². The molecule has 1 fully saturated rings. The molecule has 0 saturated carbocycles. The fourth-order valence-corrected chi connectivity index (χ4v) is 3.47. The molecule has 0 aromatic carbocycles. The summed E-state index contributed by atoms with van der Waals surface area (Å²) in [6.45, 7) is 2.45. The summed E-state index contributed by atoms with van der Waals surface area (Å²) in [5.41, 5.74) is 0. The van der Waals surface area contributed by atoms with Gasteiger partial charge in [0.2, 0.25) is 10.0 Å². The average molecular weight is 292 g/mol. The second-order valence-corrected chi connectivity index (χ2v) is 7.18. The van der Waals surface area contributed by atoms with E-state index in [-0.39, 0.29) is 18.1 Å². The number of nitrogens with zero attached hydrogens (tertiary/aromatic N) is 1. The molecule has 1 atom stereocenters. The number of piperidine rings is 1. The van der Waals surface area contributed by atoms with E-state index in [0.717, 1.165) is 25.9 Å². The van der Waals surface area contributed by atoms with Gasteiger partial charge in [-0.2, -0.15) is 0 Å². The molecule has 7 heteroatoms. The van der Waals surface area contributed by atoms with E-state index < -0.39 is 10.0 Å². The van der Waals surface area contributed by atoms with E-state index in [1.807, 2.05) is 0 Å². The number of hydrogen-bond donors (Lipinski definition) is 1. The summed E-state index contributed by atoms with van der Waals surface area (Å²) in [6, 6.07) is 0. The SMILES string of the molecule is COC(=O)CCCS(=O)(=O)N(C)CC1CCCNC1. The molecule has 0 aliphatic carbocycles. The Bertz CT molecular complexity index is 377. The second kappa shape index (κ2) is 7.81. The van der Waals surface area contributed by atoms with E-state index in [1.54, 1.807) is 7.05 Å². The zero-order valence-corrected chi connectivity index (χ0v) is 12.5. The highest BCUT2D eigenvalue weighted by atomic mass is 32.2. The maximum atomic E-state index is 12.0. The minimum atomic E-state index is -3.27.